The second-order valence-corrected chi connectivity index (χ2v) is 2.25. The number of nitriles is 1. The van der Waals surface area contributed by atoms with E-state index in [4.69, 9.17) is 10.5 Å². The molecule has 2 N–H and O–H groups in total. The molecule has 0 saturated carbocycles. The second-order valence-electron chi connectivity index (χ2n) is 2.25. The lowest BCUT2D eigenvalue weighted by molar-refractivity contribution is 0.389. The van der Waals surface area contributed by atoms with Gasteiger partial charge in [0.25, 0.3) is 0 Å². The van der Waals surface area contributed by atoms with E-state index in [1.165, 1.54) is 0 Å². The average Bonchev–Trinajstić information content (AvgIpc) is 2.04. The van der Waals surface area contributed by atoms with E-state index in [9.17, 15) is 0 Å². The number of nitrogens with zero attached hydrogens (tertiary/aromatic N) is 1. The van der Waals surface area contributed by atoms with E-state index >= 15 is 0 Å². The first-order valence-corrected chi connectivity index (χ1v) is 3.19. The van der Waals surface area contributed by atoms with Crippen LogP contribution >= 0.6 is 0 Å². The maximum absolute atomic E-state index is 8.55. The first-order chi connectivity index (χ1) is 5.27. The Balaban J connectivity index is 3.12. The van der Waals surface area contributed by atoms with E-state index in [1.54, 1.807) is 18.2 Å². The van der Waals surface area contributed by atoms with Gasteiger partial charge in [0, 0.05) is 0 Å². The predicted molar refractivity (Wildman–Crippen MR) is 41.3 cm³/mol. The highest BCUT2D eigenvalue weighted by Crippen LogP contribution is 2.12. The van der Waals surface area contributed by atoms with Crippen molar-refractivity contribution in [3.63, 3.8) is 0 Å². The Bertz CT molecular complexity index is 301. The number of anilines is 1. The molecule has 0 unspecified atom stereocenters. The van der Waals surface area contributed by atoms with Gasteiger partial charge in [-0.15, -0.1) is 0 Å². The van der Waals surface area contributed by atoms with Crippen molar-refractivity contribution in [3.05, 3.63) is 29.3 Å². The molecule has 11 heavy (non-hydrogen) atoms. The Morgan fingerprint density at radius 3 is 2.73 bits per heavy atom. The Kier molecular flexibility index (Phi) is 2.09. The van der Waals surface area contributed by atoms with Gasteiger partial charge in [0.1, 0.15) is 0 Å². The second kappa shape index (κ2) is 3.04. The van der Waals surface area contributed by atoms with Crippen molar-refractivity contribution in [1.82, 2.24) is 0 Å². The molecular weight excluding hydrogens is 140 g/mol. The Hall–Kier alpha value is -1.53. The average molecular weight is 148 g/mol. The fourth-order valence-electron chi connectivity index (χ4n) is 0.859. The quantitative estimate of drug-likeness (QED) is 0.595. The lowest BCUT2D eigenvalue weighted by Gasteiger charge is -2.00. The van der Waals surface area contributed by atoms with E-state index in [-0.39, 0.29) is 0 Å². The van der Waals surface area contributed by atoms with Crippen LogP contribution in [0.4, 0.5) is 5.69 Å². The van der Waals surface area contributed by atoms with Gasteiger partial charge in [-0.3, -0.25) is 10.7 Å². The van der Waals surface area contributed by atoms with Crippen LogP contribution in [0.3, 0.4) is 0 Å². The molecule has 0 bridgehead atoms. The molecule has 0 saturated heterocycles. The van der Waals surface area contributed by atoms with Gasteiger partial charge in [0.2, 0.25) is 0 Å². The molecular formula is C8H8N2O. The van der Waals surface area contributed by atoms with Crippen LogP contribution in [0.5, 0.6) is 0 Å². The smallest absolute Gasteiger partial charge is 0.0994 e. The van der Waals surface area contributed by atoms with Crippen molar-refractivity contribution in [2.75, 3.05) is 5.48 Å². The van der Waals surface area contributed by atoms with Crippen molar-refractivity contribution in [1.29, 1.82) is 5.26 Å². The summed E-state index contributed by atoms with van der Waals surface area (Å²) in [5.74, 6) is 0. The van der Waals surface area contributed by atoms with Crippen LogP contribution in [0.1, 0.15) is 11.1 Å². The third-order valence-electron chi connectivity index (χ3n) is 1.48. The minimum atomic E-state index is 0.599. The van der Waals surface area contributed by atoms with Gasteiger partial charge >= 0.3 is 0 Å². The molecule has 0 radical (unpaired) electrons. The van der Waals surface area contributed by atoms with Gasteiger partial charge in [-0.1, -0.05) is 0 Å². The minimum absolute atomic E-state index is 0.599. The van der Waals surface area contributed by atoms with Crippen LogP contribution in [-0.4, -0.2) is 5.21 Å². The molecule has 1 aromatic carbocycles. The lowest BCUT2D eigenvalue weighted by Crippen LogP contribution is -1.90. The zero-order valence-corrected chi connectivity index (χ0v) is 6.13. The van der Waals surface area contributed by atoms with Crippen LogP contribution in [-0.2, 0) is 0 Å². The maximum atomic E-state index is 8.55. The highest BCUT2D eigenvalue weighted by molar-refractivity contribution is 5.50. The highest BCUT2D eigenvalue weighted by atomic mass is 16.5. The number of benzene rings is 1. The zero-order valence-electron chi connectivity index (χ0n) is 6.13. The summed E-state index contributed by atoms with van der Waals surface area (Å²) < 4.78 is 0. The molecule has 0 amide bonds. The molecule has 56 valence electrons. The molecule has 1 aromatic rings. The van der Waals surface area contributed by atoms with Crippen molar-refractivity contribution >= 4 is 5.69 Å². The summed E-state index contributed by atoms with van der Waals surface area (Å²) in [5, 5.41) is 17.0. The fraction of sp³-hybridized carbons (Fsp3) is 0.125. The monoisotopic (exact) mass is 148 g/mol. The van der Waals surface area contributed by atoms with Gasteiger partial charge < -0.3 is 0 Å². The first-order valence-electron chi connectivity index (χ1n) is 3.19. The predicted octanol–water partition coefficient (Wildman–Crippen LogP) is 1.67. The van der Waals surface area contributed by atoms with Crippen LogP contribution < -0.4 is 5.48 Å². The van der Waals surface area contributed by atoms with E-state index < -0.39 is 0 Å². The maximum Gasteiger partial charge on any atom is 0.0994 e. The van der Waals surface area contributed by atoms with Crippen LogP contribution in [0, 0.1) is 18.3 Å². The third kappa shape index (κ3) is 1.48. The normalized spacial score (nSPS) is 8.82. The van der Waals surface area contributed by atoms with Gasteiger partial charge in [-0.25, -0.2) is 0 Å². The summed E-state index contributed by atoms with van der Waals surface area (Å²) in [6, 6.07) is 7.05. The SMILES string of the molecule is Cc1cc(NO)ccc1C#N. The molecule has 0 aliphatic carbocycles. The van der Waals surface area contributed by atoms with E-state index in [0.717, 1.165) is 5.56 Å². The van der Waals surface area contributed by atoms with Crippen molar-refractivity contribution in [3.8, 4) is 6.07 Å². The Labute approximate surface area is 64.9 Å². The Morgan fingerprint density at radius 2 is 2.27 bits per heavy atom. The van der Waals surface area contributed by atoms with E-state index in [2.05, 4.69) is 0 Å². The lowest BCUT2D eigenvalue weighted by atomic mass is 10.1. The van der Waals surface area contributed by atoms with Crippen LogP contribution in [0.25, 0.3) is 0 Å². The molecule has 0 aliphatic heterocycles. The number of nitrogens with one attached hydrogen (secondary N) is 1. The molecule has 0 fully saturated rings. The molecule has 0 atom stereocenters. The Morgan fingerprint density at radius 1 is 1.55 bits per heavy atom. The van der Waals surface area contributed by atoms with E-state index in [1.807, 2.05) is 18.5 Å². The van der Waals surface area contributed by atoms with Gasteiger partial charge in [0.05, 0.1) is 17.3 Å². The molecule has 0 aromatic heterocycles. The number of aryl methyl sites for hydroxylation is 1. The standard InChI is InChI=1S/C8H8N2O/c1-6-4-8(10-11)3-2-7(6)5-9/h2-4,10-11H,1H3. The molecule has 3 nitrogen and oxygen atoms in total. The molecule has 3 heteroatoms. The highest BCUT2D eigenvalue weighted by Gasteiger charge is 1.96. The zero-order chi connectivity index (χ0) is 8.27. The fourth-order valence-corrected chi connectivity index (χ4v) is 0.859. The first kappa shape index (κ1) is 7.58. The topological polar surface area (TPSA) is 56.0 Å². The van der Waals surface area contributed by atoms with Gasteiger partial charge in [0.15, 0.2) is 0 Å². The number of hydrogen-bond donors (Lipinski definition) is 2. The van der Waals surface area contributed by atoms with Gasteiger partial charge in [-0.2, -0.15) is 5.26 Å². The van der Waals surface area contributed by atoms with E-state index in [0.29, 0.717) is 11.3 Å². The van der Waals surface area contributed by atoms with Crippen molar-refractivity contribution in [2.45, 2.75) is 6.92 Å². The molecule has 1 rings (SSSR count). The summed E-state index contributed by atoms with van der Waals surface area (Å²) in [7, 11) is 0. The summed E-state index contributed by atoms with van der Waals surface area (Å²) in [6.45, 7) is 1.82. The van der Waals surface area contributed by atoms with Crippen molar-refractivity contribution < 1.29 is 5.21 Å². The van der Waals surface area contributed by atoms with Gasteiger partial charge in [-0.05, 0) is 30.7 Å². The largest absolute Gasteiger partial charge is 0.291 e. The van der Waals surface area contributed by atoms with Crippen LogP contribution in [0.2, 0.25) is 0 Å². The number of rotatable bonds is 1. The van der Waals surface area contributed by atoms with Crippen LogP contribution in [0.15, 0.2) is 18.2 Å². The van der Waals surface area contributed by atoms with Crippen molar-refractivity contribution in [2.24, 2.45) is 0 Å². The summed E-state index contributed by atoms with van der Waals surface area (Å²) in [5.41, 5.74) is 4.09. The molecule has 0 spiro atoms. The molecule has 0 aliphatic rings. The number of hydrogen-bond acceptors (Lipinski definition) is 3. The summed E-state index contributed by atoms with van der Waals surface area (Å²) in [4.78, 5) is 0. The molecule has 0 heterocycles. The summed E-state index contributed by atoms with van der Waals surface area (Å²) >= 11 is 0. The summed E-state index contributed by atoms with van der Waals surface area (Å²) in [6.07, 6.45) is 0. The third-order valence-corrected chi connectivity index (χ3v) is 1.48. The minimum Gasteiger partial charge on any atom is -0.291 e.